The highest BCUT2D eigenvalue weighted by Crippen LogP contribution is 2.26. The molecule has 0 spiro atoms. The van der Waals surface area contributed by atoms with Crippen LogP contribution in [0.1, 0.15) is 25.8 Å². The van der Waals surface area contributed by atoms with Gasteiger partial charge in [0.1, 0.15) is 6.61 Å². The van der Waals surface area contributed by atoms with Crippen LogP contribution in [0.3, 0.4) is 0 Å². The Kier molecular flexibility index (Phi) is 5.93. The highest BCUT2D eigenvalue weighted by Gasteiger charge is 2.05. The quantitative estimate of drug-likeness (QED) is 0.633. The first-order valence-electron chi connectivity index (χ1n) is 6.21. The standard InChI is InChI=1S/C15H20O4/c1-11(2)5-4-6-15(17)19-10-12-7-8-13(16)14(9-12)18-3/h4-5,7-9,11,16H,6,10H2,1-3H3. The van der Waals surface area contributed by atoms with Gasteiger partial charge in [-0.15, -0.1) is 0 Å². The van der Waals surface area contributed by atoms with E-state index in [0.717, 1.165) is 5.56 Å². The first kappa shape index (κ1) is 15.1. The molecule has 4 heteroatoms. The maximum Gasteiger partial charge on any atom is 0.309 e. The monoisotopic (exact) mass is 264 g/mol. The fourth-order valence-corrected chi connectivity index (χ4v) is 1.47. The lowest BCUT2D eigenvalue weighted by Crippen LogP contribution is -2.03. The van der Waals surface area contributed by atoms with Crippen molar-refractivity contribution < 1.29 is 19.4 Å². The molecule has 0 saturated heterocycles. The Bertz CT molecular complexity index is 449. The minimum Gasteiger partial charge on any atom is -0.504 e. The molecule has 0 saturated carbocycles. The second kappa shape index (κ2) is 7.46. The summed E-state index contributed by atoms with van der Waals surface area (Å²) in [5, 5.41) is 9.44. The Morgan fingerprint density at radius 3 is 2.79 bits per heavy atom. The van der Waals surface area contributed by atoms with E-state index >= 15 is 0 Å². The van der Waals surface area contributed by atoms with E-state index in [0.29, 0.717) is 11.7 Å². The van der Waals surface area contributed by atoms with E-state index in [1.807, 2.05) is 26.0 Å². The summed E-state index contributed by atoms with van der Waals surface area (Å²) in [4.78, 5) is 11.5. The minimum atomic E-state index is -0.274. The molecule has 0 unspecified atom stereocenters. The van der Waals surface area contributed by atoms with Crippen LogP contribution in [0.15, 0.2) is 30.4 Å². The lowest BCUT2D eigenvalue weighted by Gasteiger charge is -2.07. The van der Waals surface area contributed by atoms with E-state index in [2.05, 4.69) is 0 Å². The van der Waals surface area contributed by atoms with Gasteiger partial charge in [-0.25, -0.2) is 0 Å². The number of methoxy groups -OCH3 is 1. The Labute approximate surface area is 113 Å². The van der Waals surface area contributed by atoms with Gasteiger partial charge >= 0.3 is 5.97 Å². The van der Waals surface area contributed by atoms with Crippen LogP contribution in [0.5, 0.6) is 11.5 Å². The number of hydrogen-bond acceptors (Lipinski definition) is 4. The van der Waals surface area contributed by atoms with Gasteiger partial charge in [0.2, 0.25) is 0 Å². The van der Waals surface area contributed by atoms with Crippen LogP contribution in [0.2, 0.25) is 0 Å². The summed E-state index contributed by atoms with van der Waals surface area (Å²) in [6.07, 6.45) is 4.04. The number of phenolic OH excluding ortho intramolecular Hbond substituents is 1. The highest BCUT2D eigenvalue weighted by atomic mass is 16.5. The molecule has 0 fully saturated rings. The third-order valence-corrected chi connectivity index (χ3v) is 2.45. The van der Waals surface area contributed by atoms with E-state index in [-0.39, 0.29) is 24.7 Å². The zero-order valence-electron chi connectivity index (χ0n) is 11.6. The largest absolute Gasteiger partial charge is 0.504 e. The molecule has 4 nitrogen and oxygen atoms in total. The third-order valence-electron chi connectivity index (χ3n) is 2.45. The molecule has 0 radical (unpaired) electrons. The number of aromatic hydroxyl groups is 1. The number of rotatable bonds is 6. The number of hydrogen-bond donors (Lipinski definition) is 1. The van der Waals surface area contributed by atoms with Gasteiger partial charge in [-0.3, -0.25) is 4.79 Å². The molecule has 0 aromatic heterocycles. The van der Waals surface area contributed by atoms with Crippen LogP contribution in [0.4, 0.5) is 0 Å². The van der Waals surface area contributed by atoms with Crippen molar-refractivity contribution in [1.82, 2.24) is 0 Å². The van der Waals surface area contributed by atoms with Crippen molar-refractivity contribution in [3.63, 3.8) is 0 Å². The number of carbonyl (C=O) groups excluding carboxylic acids is 1. The number of carbonyl (C=O) groups is 1. The molecule has 104 valence electrons. The van der Waals surface area contributed by atoms with Gasteiger partial charge in [-0.2, -0.15) is 0 Å². The molecule has 0 aliphatic carbocycles. The molecule has 0 bridgehead atoms. The molecule has 1 aromatic carbocycles. The predicted octanol–water partition coefficient (Wildman–Crippen LogP) is 3.05. The average Bonchev–Trinajstić information content (AvgIpc) is 2.37. The van der Waals surface area contributed by atoms with Crippen LogP contribution < -0.4 is 4.74 Å². The van der Waals surface area contributed by atoms with Crippen LogP contribution in [-0.4, -0.2) is 18.2 Å². The smallest absolute Gasteiger partial charge is 0.309 e. The van der Waals surface area contributed by atoms with Crippen molar-refractivity contribution in [2.75, 3.05) is 7.11 Å². The molecular weight excluding hydrogens is 244 g/mol. The van der Waals surface area contributed by atoms with E-state index in [4.69, 9.17) is 9.47 Å². The van der Waals surface area contributed by atoms with Gasteiger partial charge in [0.25, 0.3) is 0 Å². The number of allylic oxidation sites excluding steroid dienone is 1. The van der Waals surface area contributed by atoms with Crippen molar-refractivity contribution >= 4 is 5.97 Å². The van der Waals surface area contributed by atoms with E-state index in [9.17, 15) is 9.90 Å². The van der Waals surface area contributed by atoms with Gasteiger partial charge in [0.15, 0.2) is 11.5 Å². The van der Waals surface area contributed by atoms with E-state index < -0.39 is 0 Å². The number of esters is 1. The van der Waals surface area contributed by atoms with Crippen molar-refractivity contribution in [2.45, 2.75) is 26.9 Å². The van der Waals surface area contributed by atoms with Gasteiger partial charge < -0.3 is 14.6 Å². The first-order valence-corrected chi connectivity index (χ1v) is 6.21. The maximum atomic E-state index is 11.5. The Hall–Kier alpha value is -1.97. The summed E-state index contributed by atoms with van der Waals surface area (Å²) in [6.45, 7) is 4.26. The minimum absolute atomic E-state index is 0.0671. The Balaban J connectivity index is 2.46. The molecule has 1 aromatic rings. The molecule has 1 N–H and O–H groups in total. The van der Waals surface area contributed by atoms with Gasteiger partial charge in [0, 0.05) is 0 Å². The fourth-order valence-electron chi connectivity index (χ4n) is 1.47. The molecule has 0 aliphatic heterocycles. The molecular formula is C15H20O4. The van der Waals surface area contributed by atoms with Gasteiger partial charge in [0.05, 0.1) is 13.5 Å². The number of benzene rings is 1. The fraction of sp³-hybridized carbons (Fsp3) is 0.400. The molecule has 1 rings (SSSR count). The topological polar surface area (TPSA) is 55.8 Å². The number of ether oxygens (including phenoxy) is 2. The number of phenols is 1. The highest BCUT2D eigenvalue weighted by molar-refractivity contribution is 5.71. The van der Waals surface area contributed by atoms with Crippen molar-refractivity contribution in [2.24, 2.45) is 5.92 Å². The normalized spacial score (nSPS) is 10.9. The summed E-state index contributed by atoms with van der Waals surface area (Å²) in [7, 11) is 1.47. The van der Waals surface area contributed by atoms with Crippen molar-refractivity contribution in [1.29, 1.82) is 0 Å². The summed E-state index contributed by atoms with van der Waals surface area (Å²) in [5.41, 5.74) is 0.774. The molecule has 19 heavy (non-hydrogen) atoms. The molecule has 0 atom stereocenters. The van der Waals surface area contributed by atoms with Crippen LogP contribution >= 0.6 is 0 Å². The van der Waals surface area contributed by atoms with Crippen LogP contribution in [0, 0.1) is 5.92 Å². The Morgan fingerprint density at radius 2 is 2.16 bits per heavy atom. The van der Waals surface area contributed by atoms with Crippen molar-refractivity contribution in [3.05, 3.63) is 35.9 Å². The summed E-state index contributed by atoms with van der Waals surface area (Å²) in [5.74, 6) is 0.587. The third kappa shape index (κ3) is 5.46. The van der Waals surface area contributed by atoms with E-state index in [1.165, 1.54) is 13.2 Å². The summed E-state index contributed by atoms with van der Waals surface area (Å²) >= 11 is 0. The van der Waals surface area contributed by atoms with Crippen molar-refractivity contribution in [3.8, 4) is 11.5 Å². The van der Waals surface area contributed by atoms with Gasteiger partial charge in [-0.05, 0) is 23.6 Å². The van der Waals surface area contributed by atoms with Crippen LogP contribution in [-0.2, 0) is 16.1 Å². The molecule has 0 heterocycles. The second-order valence-electron chi connectivity index (χ2n) is 4.54. The first-order chi connectivity index (χ1) is 9.02. The zero-order chi connectivity index (χ0) is 14.3. The lowest BCUT2D eigenvalue weighted by molar-refractivity contribution is -0.143. The Morgan fingerprint density at radius 1 is 1.42 bits per heavy atom. The lowest BCUT2D eigenvalue weighted by atomic mass is 10.2. The average molecular weight is 264 g/mol. The van der Waals surface area contributed by atoms with E-state index in [1.54, 1.807) is 12.1 Å². The summed E-state index contributed by atoms with van der Waals surface area (Å²) in [6, 6.07) is 4.85. The SMILES string of the molecule is COc1cc(COC(=O)CC=CC(C)C)ccc1O. The molecule has 0 amide bonds. The predicted molar refractivity (Wildman–Crippen MR) is 73.0 cm³/mol. The second-order valence-corrected chi connectivity index (χ2v) is 4.54. The maximum absolute atomic E-state index is 11.5. The summed E-state index contributed by atoms with van der Waals surface area (Å²) < 4.78 is 10.1. The zero-order valence-corrected chi connectivity index (χ0v) is 11.6. The van der Waals surface area contributed by atoms with Crippen LogP contribution in [0.25, 0.3) is 0 Å². The molecule has 0 aliphatic rings. The van der Waals surface area contributed by atoms with Gasteiger partial charge in [-0.1, -0.05) is 32.1 Å².